The molecule has 0 amide bonds. The molecule has 1 fully saturated rings. The third-order valence-electron chi connectivity index (χ3n) is 5.90. The van der Waals surface area contributed by atoms with Gasteiger partial charge in [-0.1, -0.05) is 75.9 Å². The van der Waals surface area contributed by atoms with E-state index >= 15 is 0 Å². The molecular weight excluding hydrogens is 534 g/mol. The van der Waals surface area contributed by atoms with E-state index < -0.39 is 0 Å². The van der Waals surface area contributed by atoms with E-state index in [1.54, 1.807) is 6.20 Å². The number of aromatic nitrogens is 2. The van der Waals surface area contributed by atoms with E-state index in [0.717, 1.165) is 40.2 Å². The molecule has 0 spiro atoms. The number of aryl methyl sites for hydroxylation is 2. The Kier molecular flexibility index (Phi) is 17.4. The highest BCUT2D eigenvalue weighted by molar-refractivity contribution is 6.32. The number of anilines is 4. The molecule has 4 rings (SSSR count). The summed E-state index contributed by atoms with van der Waals surface area (Å²) < 4.78 is 5.88. The molecule has 1 aliphatic rings. The first kappa shape index (κ1) is 35.9. The highest BCUT2D eigenvalue weighted by Gasteiger charge is 2.12. The molecular formula is C33H50ClN5O2. The van der Waals surface area contributed by atoms with Crippen LogP contribution in [0.4, 0.5) is 23.1 Å². The summed E-state index contributed by atoms with van der Waals surface area (Å²) in [5.74, 6) is 2.57. The molecule has 3 aromatic rings. The van der Waals surface area contributed by atoms with Crippen molar-refractivity contribution in [2.45, 2.75) is 92.7 Å². The van der Waals surface area contributed by atoms with Gasteiger partial charge >= 0.3 is 0 Å². The van der Waals surface area contributed by atoms with Crippen LogP contribution in [0.1, 0.15) is 77.8 Å². The van der Waals surface area contributed by atoms with Crippen LogP contribution in [0.15, 0.2) is 48.7 Å². The fourth-order valence-electron chi connectivity index (χ4n) is 3.97. The zero-order valence-electron chi connectivity index (χ0n) is 26.2. The van der Waals surface area contributed by atoms with Crippen LogP contribution < -0.4 is 20.7 Å². The molecule has 3 N–H and O–H groups in total. The minimum absolute atomic E-state index is 0.0673. The Morgan fingerprint density at radius 1 is 0.927 bits per heavy atom. The molecule has 0 unspecified atom stereocenters. The van der Waals surface area contributed by atoms with E-state index in [1.807, 2.05) is 76.9 Å². The second-order valence-electron chi connectivity index (χ2n) is 11.0. The average Bonchev–Trinajstić information content (AvgIpc) is 2.94. The number of hydrogen-bond acceptors (Lipinski definition) is 7. The summed E-state index contributed by atoms with van der Waals surface area (Å²) in [6.07, 6.45) is 8.77. The lowest BCUT2D eigenvalue weighted by Crippen LogP contribution is -2.26. The van der Waals surface area contributed by atoms with Crippen LogP contribution in [0.25, 0.3) is 0 Å². The molecule has 0 radical (unpaired) electrons. The molecule has 2 aromatic carbocycles. The molecule has 1 heterocycles. The fourth-order valence-corrected chi connectivity index (χ4v) is 4.10. The summed E-state index contributed by atoms with van der Waals surface area (Å²) >= 11 is 6.29. The van der Waals surface area contributed by atoms with Gasteiger partial charge in [0.15, 0.2) is 5.82 Å². The number of nitrogens with zero attached hydrogens (tertiary/aromatic N) is 2. The van der Waals surface area contributed by atoms with Crippen molar-refractivity contribution in [2.75, 3.05) is 17.7 Å². The maximum Gasteiger partial charge on any atom is 0.229 e. The smallest absolute Gasteiger partial charge is 0.229 e. The van der Waals surface area contributed by atoms with Gasteiger partial charge in [0.1, 0.15) is 17.6 Å². The molecule has 41 heavy (non-hydrogen) atoms. The zero-order chi connectivity index (χ0) is 30.8. The molecule has 1 saturated carbocycles. The highest BCUT2D eigenvalue weighted by atomic mass is 35.5. The van der Waals surface area contributed by atoms with Gasteiger partial charge in [0, 0.05) is 11.7 Å². The lowest BCUT2D eigenvalue weighted by atomic mass is 9.96. The number of carbonyl (C=O) groups excluding carboxylic acids is 1. The summed E-state index contributed by atoms with van der Waals surface area (Å²) in [6.45, 7) is 16.5. The van der Waals surface area contributed by atoms with Gasteiger partial charge in [-0.25, -0.2) is 4.98 Å². The maximum atomic E-state index is 8.00. The number of ether oxygens (including phenoxy) is 1. The molecule has 1 aliphatic carbocycles. The quantitative estimate of drug-likeness (QED) is 0.255. The monoisotopic (exact) mass is 583 g/mol. The second-order valence-corrected chi connectivity index (χ2v) is 11.4. The maximum absolute atomic E-state index is 8.00. The predicted octanol–water partition coefficient (Wildman–Crippen LogP) is 9.04. The standard InChI is InChI=1S/C21H23ClN4O.C7H15N.C4H10.CH2O/c1-13(2)27-19-10-9-14(3)11-18(19)25-21-23-12-16(22)20(26-21)24-17-8-6-5-7-15(17)4;1-8-7-5-3-2-4-6-7;1-4(2)3;1-2/h5-13H,1-4H3,(H2,23,24,25,26);7-8H,2-6H2,1H3;4H,1-3H3;1H2. The number of hydrogen-bond donors (Lipinski definition) is 3. The van der Waals surface area contributed by atoms with Gasteiger partial charge < -0.3 is 25.5 Å². The van der Waals surface area contributed by atoms with E-state index in [-0.39, 0.29) is 6.10 Å². The van der Waals surface area contributed by atoms with Crippen LogP contribution in [-0.2, 0) is 4.79 Å². The first-order valence-corrected chi connectivity index (χ1v) is 14.8. The third-order valence-corrected chi connectivity index (χ3v) is 6.18. The van der Waals surface area contributed by atoms with Crippen molar-refractivity contribution in [3.63, 3.8) is 0 Å². The van der Waals surface area contributed by atoms with Crippen LogP contribution in [0.2, 0.25) is 5.02 Å². The van der Waals surface area contributed by atoms with E-state index in [0.29, 0.717) is 16.8 Å². The van der Waals surface area contributed by atoms with Crippen LogP contribution >= 0.6 is 11.6 Å². The van der Waals surface area contributed by atoms with E-state index in [1.165, 1.54) is 32.1 Å². The van der Waals surface area contributed by atoms with Crippen molar-refractivity contribution >= 4 is 41.5 Å². The fraction of sp³-hybridized carbons (Fsp3) is 0.485. The van der Waals surface area contributed by atoms with E-state index in [2.05, 4.69) is 53.7 Å². The number of carbonyl (C=O) groups is 1. The van der Waals surface area contributed by atoms with E-state index in [4.69, 9.17) is 21.1 Å². The van der Waals surface area contributed by atoms with Gasteiger partial charge in [-0.05, 0) is 82.8 Å². The average molecular weight is 584 g/mol. The van der Waals surface area contributed by atoms with Crippen molar-refractivity contribution in [3.8, 4) is 5.75 Å². The van der Waals surface area contributed by atoms with Gasteiger partial charge in [0.25, 0.3) is 0 Å². The first-order chi connectivity index (χ1) is 19.6. The molecule has 0 saturated heterocycles. The number of rotatable bonds is 7. The highest BCUT2D eigenvalue weighted by Crippen LogP contribution is 2.31. The van der Waals surface area contributed by atoms with Crippen molar-refractivity contribution in [3.05, 3.63) is 64.8 Å². The van der Waals surface area contributed by atoms with Crippen LogP contribution in [0, 0.1) is 19.8 Å². The molecule has 0 atom stereocenters. The van der Waals surface area contributed by atoms with Gasteiger partial charge in [-0.3, -0.25) is 0 Å². The molecule has 0 bridgehead atoms. The second kappa shape index (κ2) is 19.8. The Morgan fingerprint density at radius 2 is 1.56 bits per heavy atom. The van der Waals surface area contributed by atoms with Gasteiger partial charge in [-0.2, -0.15) is 4.98 Å². The summed E-state index contributed by atoms with van der Waals surface area (Å²) in [4.78, 5) is 16.8. The largest absolute Gasteiger partial charge is 0.489 e. The Balaban J connectivity index is 0.000000496. The lowest BCUT2D eigenvalue weighted by Gasteiger charge is -2.20. The van der Waals surface area contributed by atoms with Crippen molar-refractivity contribution in [1.82, 2.24) is 15.3 Å². The molecule has 8 heteroatoms. The lowest BCUT2D eigenvalue weighted by molar-refractivity contribution is -0.0980. The molecule has 1 aromatic heterocycles. The molecule has 226 valence electrons. The Bertz CT molecular complexity index is 1150. The SMILES string of the molecule is C=O.CC(C)C.CNC1CCCCC1.Cc1ccc(OC(C)C)c(Nc2ncc(Cl)c(Nc3ccccc3C)n2)c1. The van der Waals surface area contributed by atoms with Crippen molar-refractivity contribution in [1.29, 1.82) is 0 Å². The summed E-state index contributed by atoms with van der Waals surface area (Å²) in [6, 6.07) is 14.8. The van der Waals surface area contributed by atoms with Crippen molar-refractivity contribution < 1.29 is 9.53 Å². The number of nitrogens with one attached hydrogen (secondary N) is 3. The normalized spacial score (nSPS) is 12.7. The van der Waals surface area contributed by atoms with E-state index in [9.17, 15) is 0 Å². The zero-order valence-corrected chi connectivity index (χ0v) is 26.9. The minimum Gasteiger partial charge on any atom is -0.489 e. The predicted molar refractivity (Wildman–Crippen MR) is 175 cm³/mol. The van der Waals surface area contributed by atoms with Crippen molar-refractivity contribution in [2.24, 2.45) is 5.92 Å². The van der Waals surface area contributed by atoms with Gasteiger partial charge in [0.2, 0.25) is 5.95 Å². The molecule has 7 nitrogen and oxygen atoms in total. The summed E-state index contributed by atoms with van der Waals surface area (Å²) in [5, 5.41) is 10.3. The summed E-state index contributed by atoms with van der Waals surface area (Å²) in [5.41, 5.74) is 3.98. The number of para-hydroxylation sites is 1. The third kappa shape index (κ3) is 14.3. The summed E-state index contributed by atoms with van der Waals surface area (Å²) in [7, 11) is 2.07. The Hall–Kier alpha value is -3.16. The molecule has 0 aliphatic heterocycles. The minimum atomic E-state index is 0.0673. The van der Waals surface area contributed by atoms with Gasteiger partial charge in [-0.15, -0.1) is 0 Å². The van der Waals surface area contributed by atoms with Crippen LogP contribution in [0.3, 0.4) is 0 Å². The topological polar surface area (TPSA) is 88.2 Å². The number of halogens is 1. The van der Waals surface area contributed by atoms with Gasteiger partial charge in [0.05, 0.1) is 18.0 Å². The van der Waals surface area contributed by atoms with Crippen LogP contribution in [0.5, 0.6) is 5.75 Å². The number of benzene rings is 2. The Morgan fingerprint density at radius 3 is 2.12 bits per heavy atom. The Labute approximate surface area is 252 Å². The van der Waals surface area contributed by atoms with Crippen LogP contribution in [-0.4, -0.2) is 36.0 Å². The first-order valence-electron chi connectivity index (χ1n) is 14.4.